The Morgan fingerprint density at radius 3 is 2.33 bits per heavy atom. The van der Waals surface area contributed by atoms with Gasteiger partial charge in [-0.3, -0.25) is 9.59 Å². The molecule has 0 saturated heterocycles. The molecule has 1 N–H and O–H groups in total. The second kappa shape index (κ2) is 10.0. The van der Waals surface area contributed by atoms with E-state index in [1.807, 2.05) is 56.3 Å². The number of ether oxygens (including phenoxy) is 1. The van der Waals surface area contributed by atoms with Crippen LogP contribution in [0.2, 0.25) is 0 Å². The van der Waals surface area contributed by atoms with Crippen molar-refractivity contribution in [2.75, 3.05) is 11.9 Å². The second-order valence-corrected chi connectivity index (χ2v) is 7.85. The Balaban J connectivity index is 1.52. The largest absolute Gasteiger partial charge is 0.483 e. The summed E-state index contributed by atoms with van der Waals surface area (Å²) in [5.41, 5.74) is 4.31. The van der Waals surface area contributed by atoms with E-state index < -0.39 is 0 Å². The summed E-state index contributed by atoms with van der Waals surface area (Å²) in [5, 5.41) is 2.81. The summed E-state index contributed by atoms with van der Waals surface area (Å²) in [5.74, 6) is 0.402. The van der Waals surface area contributed by atoms with Gasteiger partial charge >= 0.3 is 0 Å². The molecule has 5 heteroatoms. The number of carbonyl (C=O) groups excluding carboxylic acids is 2. The average Bonchev–Trinajstić information content (AvgIpc) is 2.73. The number of halogens is 1. The average molecular weight is 464 g/mol. The summed E-state index contributed by atoms with van der Waals surface area (Å²) in [4.78, 5) is 24.3. The van der Waals surface area contributed by atoms with Crippen molar-refractivity contribution in [3.63, 3.8) is 0 Å². The predicted molar refractivity (Wildman–Crippen MR) is 124 cm³/mol. The molecule has 0 aromatic heterocycles. The maximum Gasteiger partial charge on any atom is 0.262 e. The van der Waals surface area contributed by atoms with Crippen LogP contribution < -0.4 is 10.1 Å². The summed E-state index contributed by atoms with van der Waals surface area (Å²) in [6, 6.07) is 20.3. The fourth-order valence-corrected chi connectivity index (χ4v) is 3.13. The standard InChI is InChI=1S/C25H22BrNO3/c1-17-3-14-24(18(2)15-17)30-16-25(29)27-22-11-4-19(5-12-22)6-13-23(28)20-7-9-21(26)10-8-20/h3-15H,16H2,1-2H3,(H,27,29)/b13-6+. The first kappa shape index (κ1) is 21.5. The Morgan fingerprint density at radius 2 is 1.67 bits per heavy atom. The molecule has 3 aromatic carbocycles. The summed E-state index contributed by atoms with van der Waals surface area (Å²) in [6.45, 7) is 3.90. The number of amides is 1. The normalized spacial score (nSPS) is 10.8. The molecule has 0 atom stereocenters. The van der Waals surface area contributed by atoms with E-state index in [0.717, 1.165) is 21.2 Å². The van der Waals surface area contributed by atoms with Crippen LogP contribution in [0.5, 0.6) is 5.75 Å². The first-order valence-corrected chi connectivity index (χ1v) is 10.3. The van der Waals surface area contributed by atoms with Gasteiger partial charge in [0.1, 0.15) is 5.75 Å². The van der Waals surface area contributed by atoms with Gasteiger partial charge in [-0.1, -0.05) is 51.8 Å². The van der Waals surface area contributed by atoms with E-state index in [1.165, 1.54) is 6.08 Å². The molecule has 0 aliphatic rings. The van der Waals surface area contributed by atoms with Crippen LogP contribution >= 0.6 is 15.9 Å². The van der Waals surface area contributed by atoms with Crippen LogP contribution in [0.4, 0.5) is 5.69 Å². The van der Waals surface area contributed by atoms with Crippen molar-refractivity contribution in [3.8, 4) is 5.75 Å². The maximum atomic E-state index is 12.2. The lowest BCUT2D eigenvalue weighted by Crippen LogP contribution is -2.20. The lowest BCUT2D eigenvalue weighted by atomic mass is 10.1. The fraction of sp³-hybridized carbons (Fsp3) is 0.120. The molecule has 3 rings (SSSR count). The van der Waals surface area contributed by atoms with E-state index >= 15 is 0 Å². The molecule has 4 nitrogen and oxygen atoms in total. The lowest BCUT2D eigenvalue weighted by Gasteiger charge is -2.10. The van der Waals surface area contributed by atoms with Crippen molar-refractivity contribution in [1.82, 2.24) is 0 Å². The number of nitrogens with one attached hydrogen (secondary N) is 1. The van der Waals surface area contributed by atoms with Gasteiger partial charge in [-0.2, -0.15) is 0 Å². The van der Waals surface area contributed by atoms with Gasteiger partial charge in [0.2, 0.25) is 0 Å². The third kappa shape index (κ3) is 6.16. The number of hydrogen-bond donors (Lipinski definition) is 1. The van der Waals surface area contributed by atoms with E-state index in [9.17, 15) is 9.59 Å². The molecule has 0 aliphatic carbocycles. The highest BCUT2D eigenvalue weighted by Gasteiger charge is 2.06. The summed E-state index contributed by atoms with van der Waals surface area (Å²) < 4.78 is 6.53. The van der Waals surface area contributed by atoms with Crippen molar-refractivity contribution < 1.29 is 14.3 Å². The van der Waals surface area contributed by atoms with Gasteiger partial charge in [0.25, 0.3) is 5.91 Å². The van der Waals surface area contributed by atoms with Gasteiger partial charge in [0.15, 0.2) is 12.4 Å². The van der Waals surface area contributed by atoms with Gasteiger partial charge in [0, 0.05) is 15.7 Å². The van der Waals surface area contributed by atoms with Crippen LogP contribution in [-0.4, -0.2) is 18.3 Å². The zero-order chi connectivity index (χ0) is 21.5. The molecule has 0 aliphatic heterocycles. The van der Waals surface area contributed by atoms with E-state index in [0.29, 0.717) is 17.0 Å². The van der Waals surface area contributed by atoms with Crippen molar-refractivity contribution in [2.45, 2.75) is 13.8 Å². The quantitative estimate of drug-likeness (QED) is 0.346. The Bertz CT molecular complexity index is 1070. The van der Waals surface area contributed by atoms with Gasteiger partial charge in [0.05, 0.1) is 0 Å². The smallest absolute Gasteiger partial charge is 0.262 e. The van der Waals surface area contributed by atoms with Gasteiger partial charge < -0.3 is 10.1 Å². The minimum absolute atomic E-state index is 0.0623. The minimum atomic E-state index is -0.233. The van der Waals surface area contributed by atoms with Crippen LogP contribution in [0.1, 0.15) is 27.0 Å². The van der Waals surface area contributed by atoms with E-state index in [2.05, 4.69) is 21.2 Å². The number of carbonyl (C=O) groups is 2. The molecular formula is C25H22BrNO3. The highest BCUT2D eigenvalue weighted by atomic mass is 79.9. The Morgan fingerprint density at radius 1 is 0.967 bits per heavy atom. The lowest BCUT2D eigenvalue weighted by molar-refractivity contribution is -0.118. The van der Waals surface area contributed by atoms with Gasteiger partial charge in [-0.25, -0.2) is 0 Å². The molecule has 0 saturated carbocycles. The Kier molecular flexibility index (Phi) is 7.20. The Hall–Kier alpha value is -3.18. The molecule has 1 amide bonds. The SMILES string of the molecule is Cc1ccc(OCC(=O)Nc2ccc(/C=C/C(=O)c3ccc(Br)cc3)cc2)c(C)c1. The third-order valence-corrected chi connectivity index (χ3v) is 4.97. The third-order valence-electron chi connectivity index (χ3n) is 4.44. The topological polar surface area (TPSA) is 55.4 Å². The number of rotatable bonds is 7. The predicted octanol–water partition coefficient (Wildman–Crippen LogP) is 5.98. The summed E-state index contributed by atoms with van der Waals surface area (Å²) >= 11 is 3.35. The van der Waals surface area contributed by atoms with Crippen molar-refractivity contribution in [1.29, 1.82) is 0 Å². The van der Waals surface area contributed by atoms with Crippen molar-refractivity contribution >= 4 is 39.4 Å². The zero-order valence-electron chi connectivity index (χ0n) is 16.8. The molecule has 0 unspecified atom stereocenters. The monoisotopic (exact) mass is 463 g/mol. The number of aryl methyl sites for hydroxylation is 2. The fourth-order valence-electron chi connectivity index (χ4n) is 2.86. The van der Waals surface area contributed by atoms with Crippen LogP contribution in [0.25, 0.3) is 6.08 Å². The highest BCUT2D eigenvalue weighted by molar-refractivity contribution is 9.10. The first-order chi connectivity index (χ1) is 14.4. The van der Waals surface area contributed by atoms with Gasteiger partial charge in [-0.05, 0) is 73.5 Å². The van der Waals surface area contributed by atoms with E-state index in [4.69, 9.17) is 4.74 Å². The van der Waals surface area contributed by atoms with Crippen LogP contribution in [0.3, 0.4) is 0 Å². The van der Waals surface area contributed by atoms with Crippen molar-refractivity contribution in [3.05, 3.63) is 99.5 Å². The molecule has 30 heavy (non-hydrogen) atoms. The summed E-state index contributed by atoms with van der Waals surface area (Å²) in [7, 11) is 0. The molecule has 0 fully saturated rings. The highest BCUT2D eigenvalue weighted by Crippen LogP contribution is 2.19. The van der Waals surface area contributed by atoms with Crippen LogP contribution in [-0.2, 0) is 4.79 Å². The zero-order valence-corrected chi connectivity index (χ0v) is 18.4. The Labute approximate surface area is 184 Å². The van der Waals surface area contributed by atoms with Gasteiger partial charge in [-0.15, -0.1) is 0 Å². The second-order valence-electron chi connectivity index (χ2n) is 6.93. The van der Waals surface area contributed by atoms with Crippen LogP contribution in [0, 0.1) is 13.8 Å². The number of allylic oxidation sites excluding steroid dienone is 1. The van der Waals surface area contributed by atoms with Crippen LogP contribution in [0.15, 0.2) is 77.3 Å². The molecule has 152 valence electrons. The molecule has 0 radical (unpaired) electrons. The first-order valence-electron chi connectivity index (χ1n) is 9.49. The number of benzene rings is 3. The maximum absolute atomic E-state index is 12.2. The van der Waals surface area contributed by atoms with Crippen molar-refractivity contribution in [2.24, 2.45) is 0 Å². The number of ketones is 1. The summed E-state index contributed by atoms with van der Waals surface area (Å²) in [6.07, 6.45) is 3.29. The minimum Gasteiger partial charge on any atom is -0.483 e. The van der Waals surface area contributed by atoms with E-state index in [-0.39, 0.29) is 18.3 Å². The molecule has 0 heterocycles. The molecule has 3 aromatic rings. The molecular weight excluding hydrogens is 442 g/mol. The molecule has 0 spiro atoms. The molecule has 0 bridgehead atoms. The number of anilines is 1. The van der Waals surface area contributed by atoms with E-state index in [1.54, 1.807) is 30.3 Å². The number of hydrogen-bond acceptors (Lipinski definition) is 3.